The Labute approximate surface area is 253 Å². The van der Waals surface area contributed by atoms with Gasteiger partial charge in [0.1, 0.15) is 23.6 Å². The number of ether oxygens (including phenoxy) is 3. The zero-order valence-electron chi connectivity index (χ0n) is 25.5. The van der Waals surface area contributed by atoms with Crippen LogP contribution < -0.4 is 11.0 Å². The van der Waals surface area contributed by atoms with Crippen molar-refractivity contribution < 1.29 is 32.8 Å². The zero-order chi connectivity index (χ0) is 30.9. The molecule has 12 nitrogen and oxygen atoms in total. The second kappa shape index (κ2) is 12.7. The molecule has 1 aromatic heterocycles. The molecule has 0 saturated carbocycles. The first-order valence-electron chi connectivity index (χ1n) is 14.7. The van der Waals surface area contributed by atoms with Gasteiger partial charge in [-0.1, -0.05) is 37.3 Å². The molecule has 1 N–H and O–H groups in total. The van der Waals surface area contributed by atoms with E-state index in [2.05, 4.69) is 34.0 Å². The number of hydrogen-bond acceptors (Lipinski definition) is 10. The van der Waals surface area contributed by atoms with Crippen LogP contribution in [0.15, 0.2) is 47.4 Å². The monoisotopic (exact) mass is 616 g/mol. The number of carbonyl (C=O) groups excluding carboxylic acids is 2. The third-order valence-electron chi connectivity index (χ3n) is 8.06. The van der Waals surface area contributed by atoms with Gasteiger partial charge in [0, 0.05) is 19.7 Å². The highest BCUT2D eigenvalue weighted by molar-refractivity contribution is 7.45. The molecule has 3 fully saturated rings. The van der Waals surface area contributed by atoms with Crippen molar-refractivity contribution in [2.75, 3.05) is 18.7 Å². The number of nitrogens with one attached hydrogen (secondary N) is 1. The highest BCUT2D eigenvalue weighted by atomic mass is 31.2. The van der Waals surface area contributed by atoms with Gasteiger partial charge in [-0.15, -0.1) is 0 Å². The number of carbonyl (C=O) groups is 2. The Morgan fingerprint density at radius 1 is 1.19 bits per heavy atom. The Morgan fingerprint density at radius 3 is 2.58 bits per heavy atom. The second-order valence-electron chi connectivity index (χ2n) is 12.3. The first kappa shape index (κ1) is 31.7. The first-order valence-corrected chi connectivity index (χ1v) is 15.8. The van der Waals surface area contributed by atoms with E-state index in [4.69, 9.17) is 23.3 Å². The van der Waals surface area contributed by atoms with Crippen LogP contribution in [0, 0.1) is 5.41 Å². The van der Waals surface area contributed by atoms with E-state index in [0.29, 0.717) is 6.42 Å². The number of nitrogens with zero attached hydrogens (tertiary/aromatic N) is 3. The Kier molecular flexibility index (Phi) is 9.37. The molecule has 7 atom stereocenters. The molecule has 3 aliphatic heterocycles. The van der Waals surface area contributed by atoms with Gasteiger partial charge in [0.15, 0.2) is 13.0 Å². The largest absolute Gasteiger partial charge is 0.438 e. The molecule has 1 amide bonds. The molecule has 13 heteroatoms. The van der Waals surface area contributed by atoms with Crippen LogP contribution >= 0.6 is 8.53 Å². The summed E-state index contributed by atoms with van der Waals surface area (Å²) in [5.41, 5.74) is -0.814. The Hall–Kier alpha value is -2.73. The predicted molar refractivity (Wildman–Crippen MR) is 159 cm³/mol. The van der Waals surface area contributed by atoms with Crippen molar-refractivity contribution >= 4 is 26.2 Å². The quantitative estimate of drug-likeness (QED) is 0.245. The van der Waals surface area contributed by atoms with Gasteiger partial charge in [-0.3, -0.25) is 14.2 Å². The fourth-order valence-corrected chi connectivity index (χ4v) is 7.94. The lowest BCUT2D eigenvalue weighted by Crippen LogP contribution is -2.40. The van der Waals surface area contributed by atoms with Crippen molar-refractivity contribution in [1.82, 2.24) is 14.2 Å². The standard InChI is InChI=1S/C30H41N4O8P/c1-7-21-24(41-43-34-16-11-14-22(34)30(6,42-43)20-12-9-8-10-13-20)25(38-18-39-27(36)29(3,4)5)26(40-21)33-17-15-23(31-19(2)35)32-28(33)37/h8-10,12-13,15,17,21-22,24-26H,7,11,14,16,18H2,1-6H3,(H,31,32,35,37)/t21-,22-,24?,25+,26-,30+,43-/m1/s1. The van der Waals surface area contributed by atoms with Crippen molar-refractivity contribution in [2.45, 2.75) is 97.0 Å². The first-order chi connectivity index (χ1) is 20.4. The summed E-state index contributed by atoms with van der Waals surface area (Å²) < 4.78 is 35.2. The number of anilines is 1. The Bertz CT molecular complexity index is 1370. The van der Waals surface area contributed by atoms with Gasteiger partial charge in [0.05, 0.1) is 17.6 Å². The average molecular weight is 617 g/mol. The summed E-state index contributed by atoms with van der Waals surface area (Å²) in [6.07, 6.45) is 1.22. The van der Waals surface area contributed by atoms with E-state index in [9.17, 15) is 14.4 Å². The van der Waals surface area contributed by atoms with Gasteiger partial charge >= 0.3 is 11.7 Å². The fraction of sp³-hybridized carbons (Fsp3) is 0.600. The lowest BCUT2D eigenvalue weighted by atomic mass is 9.87. The van der Waals surface area contributed by atoms with Gasteiger partial charge in [-0.05, 0) is 58.6 Å². The van der Waals surface area contributed by atoms with Gasteiger partial charge in [-0.25, -0.2) is 9.46 Å². The summed E-state index contributed by atoms with van der Waals surface area (Å²) in [5.74, 6) is -0.635. The molecular weight excluding hydrogens is 575 g/mol. The molecule has 0 spiro atoms. The molecule has 234 valence electrons. The van der Waals surface area contributed by atoms with E-state index in [1.54, 1.807) is 20.8 Å². The SMILES string of the molecule is CC[C@H]1O[C@@H](n2ccc(NC(C)=O)nc2=O)[C@@H](OCOC(=O)C(C)(C)C)C1O[P@]1O[C@@](C)(c2ccccc2)[C@H]2CCCN21. The average Bonchev–Trinajstić information content (AvgIpc) is 3.64. The summed E-state index contributed by atoms with van der Waals surface area (Å²) in [5, 5.41) is 2.52. The number of hydrogen-bond donors (Lipinski definition) is 1. The smallest absolute Gasteiger partial charge is 0.351 e. The molecule has 0 bridgehead atoms. The predicted octanol–water partition coefficient (Wildman–Crippen LogP) is 4.46. The van der Waals surface area contributed by atoms with Crippen LogP contribution in [-0.4, -0.2) is 63.8 Å². The molecule has 0 radical (unpaired) electrons. The number of esters is 1. The highest BCUT2D eigenvalue weighted by Crippen LogP contribution is 2.64. The molecule has 4 heterocycles. The second-order valence-corrected chi connectivity index (χ2v) is 13.7. The summed E-state index contributed by atoms with van der Waals surface area (Å²) >= 11 is 0. The maximum Gasteiger partial charge on any atom is 0.351 e. The maximum atomic E-state index is 13.1. The van der Waals surface area contributed by atoms with E-state index in [-0.39, 0.29) is 24.6 Å². The molecule has 43 heavy (non-hydrogen) atoms. The summed E-state index contributed by atoms with van der Waals surface area (Å²) in [6, 6.07) is 11.8. The lowest BCUT2D eigenvalue weighted by Gasteiger charge is -2.30. The number of benzene rings is 1. The summed E-state index contributed by atoms with van der Waals surface area (Å²) in [4.78, 5) is 41.1. The van der Waals surface area contributed by atoms with Gasteiger partial charge in [-0.2, -0.15) is 4.98 Å². The van der Waals surface area contributed by atoms with Gasteiger partial charge in [0.25, 0.3) is 8.53 Å². The normalized spacial score (nSPS) is 30.7. The maximum absolute atomic E-state index is 13.1. The van der Waals surface area contributed by atoms with Crippen molar-refractivity contribution in [3.63, 3.8) is 0 Å². The molecule has 1 unspecified atom stereocenters. The van der Waals surface area contributed by atoms with Crippen LogP contribution in [0.2, 0.25) is 0 Å². The number of amides is 1. The minimum absolute atomic E-state index is 0.131. The third-order valence-corrected chi connectivity index (χ3v) is 9.91. The van der Waals surface area contributed by atoms with Crippen molar-refractivity contribution in [3.8, 4) is 0 Å². The van der Waals surface area contributed by atoms with Gasteiger partial charge in [0.2, 0.25) is 5.91 Å². The minimum atomic E-state index is -1.51. The molecular formula is C30H41N4O8P. The summed E-state index contributed by atoms with van der Waals surface area (Å²) in [7, 11) is -1.51. The lowest BCUT2D eigenvalue weighted by molar-refractivity contribution is -0.178. The number of aromatic nitrogens is 2. The van der Waals surface area contributed by atoms with Crippen LogP contribution in [-0.2, 0) is 38.4 Å². The molecule has 3 saturated heterocycles. The Morgan fingerprint density at radius 2 is 1.93 bits per heavy atom. The number of fused-ring (bicyclic) bond motifs is 1. The van der Waals surface area contributed by atoms with Crippen molar-refractivity contribution in [2.24, 2.45) is 5.41 Å². The molecule has 1 aromatic carbocycles. The van der Waals surface area contributed by atoms with Crippen LogP contribution in [0.1, 0.15) is 72.6 Å². The molecule has 5 rings (SSSR count). The molecule has 2 aromatic rings. The van der Waals surface area contributed by atoms with Crippen molar-refractivity contribution in [3.05, 3.63) is 58.6 Å². The van der Waals surface area contributed by atoms with E-state index in [0.717, 1.165) is 24.9 Å². The van der Waals surface area contributed by atoms with E-state index < -0.39 is 55.7 Å². The van der Waals surface area contributed by atoms with Crippen LogP contribution in [0.3, 0.4) is 0 Å². The van der Waals surface area contributed by atoms with Crippen molar-refractivity contribution in [1.29, 1.82) is 0 Å². The Balaban J connectivity index is 1.43. The number of rotatable bonds is 9. The molecule has 3 aliphatic rings. The van der Waals surface area contributed by atoms with Crippen LogP contribution in [0.4, 0.5) is 5.82 Å². The third kappa shape index (κ3) is 6.55. The van der Waals surface area contributed by atoms with E-state index >= 15 is 0 Å². The molecule has 0 aliphatic carbocycles. The van der Waals surface area contributed by atoms with Crippen LogP contribution in [0.25, 0.3) is 0 Å². The zero-order valence-corrected chi connectivity index (χ0v) is 26.4. The minimum Gasteiger partial charge on any atom is -0.438 e. The topological polar surface area (TPSA) is 130 Å². The van der Waals surface area contributed by atoms with E-state index in [1.807, 2.05) is 25.1 Å². The van der Waals surface area contributed by atoms with Crippen LogP contribution in [0.5, 0.6) is 0 Å². The van der Waals surface area contributed by atoms with E-state index in [1.165, 1.54) is 23.8 Å². The fourth-order valence-electron chi connectivity index (χ4n) is 5.79. The summed E-state index contributed by atoms with van der Waals surface area (Å²) in [6.45, 7) is 11.2. The van der Waals surface area contributed by atoms with Gasteiger partial charge < -0.3 is 28.6 Å². The highest BCUT2D eigenvalue weighted by Gasteiger charge is 2.57.